The summed E-state index contributed by atoms with van der Waals surface area (Å²) in [6.07, 6.45) is 1.10. The Kier molecular flexibility index (Phi) is 4.58. The van der Waals surface area contributed by atoms with Gasteiger partial charge < -0.3 is 10.5 Å². The van der Waals surface area contributed by atoms with Gasteiger partial charge in [-0.2, -0.15) is 0 Å². The van der Waals surface area contributed by atoms with Crippen molar-refractivity contribution in [1.29, 1.82) is 0 Å². The SMILES string of the molecule is COc1ccc(CC(C)(N)Cc2ccc(F)cc2)cc1F. The van der Waals surface area contributed by atoms with Gasteiger partial charge in [0.1, 0.15) is 5.82 Å². The van der Waals surface area contributed by atoms with Gasteiger partial charge in [-0.1, -0.05) is 18.2 Å². The average Bonchev–Trinajstić information content (AvgIpc) is 2.41. The molecular weight excluding hydrogens is 272 g/mol. The van der Waals surface area contributed by atoms with Crippen LogP contribution in [0.3, 0.4) is 0 Å². The van der Waals surface area contributed by atoms with Crippen molar-refractivity contribution in [1.82, 2.24) is 0 Å². The Balaban J connectivity index is 2.09. The second-order valence-corrected chi connectivity index (χ2v) is 5.60. The van der Waals surface area contributed by atoms with E-state index in [1.807, 2.05) is 6.92 Å². The molecular formula is C17H19F2NO. The quantitative estimate of drug-likeness (QED) is 0.915. The zero-order chi connectivity index (χ0) is 15.5. The lowest BCUT2D eigenvalue weighted by Crippen LogP contribution is -2.40. The number of hydrogen-bond acceptors (Lipinski definition) is 2. The second kappa shape index (κ2) is 6.22. The molecule has 0 aliphatic rings. The Morgan fingerprint density at radius 2 is 1.57 bits per heavy atom. The number of benzene rings is 2. The summed E-state index contributed by atoms with van der Waals surface area (Å²) >= 11 is 0. The van der Waals surface area contributed by atoms with Gasteiger partial charge in [0.2, 0.25) is 0 Å². The van der Waals surface area contributed by atoms with Crippen LogP contribution in [0.2, 0.25) is 0 Å². The van der Waals surface area contributed by atoms with Gasteiger partial charge in [-0.05, 0) is 55.2 Å². The molecule has 0 saturated heterocycles. The van der Waals surface area contributed by atoms with Crippen LogP contribution in [-0.4, -0.2) is 12.6 Å². The maximum absolute atomic E-state index is 13.7. The molecule has 0 spiro atoms. The molecule has 1 atom stereocenters. The summed E-state index contributed by atoms with van der Waals surface area (Å²) in [5.74, 6) is -0.446. The van der Waals surface area contributed by atoms with Gasteiger partial charge in [0.25, 0.3) is 0 Å². The lowest BCUT2D eigenvalue weighted by Gasteiger charge is -2.25. The molecule has 0 heterocycles. The van der Waals surface area contributed by atoms with Crippen LogP contribution in [0.25, 0.3) is 0 Å². The van der Waals surface area contributed by atoms with Crippen molar-refractivity contribution in [3.05, 3.63) is 65.2 Å². The largest absolute Gasteiger partial charge is 0.494 e. The first-order chi connectivity index (χ1) is 9.89. The number of hydrogen-bond donors (Lipinski definition) is 1. The van der Waals surface area contributed by atoms with Crippen LogP contribution in [0, 0.1) is 11.6 Å². The fraction of sp³-hybridized carbons (Fsp3) is 0.294. The van der Waals surface area contributed by atoms with Gasteiger partial charge in [0.05, 0.1) is 7.11 Å². The number of nitrogens with two attached hydrogens (primary N) is 1. The zero-order valence-electron chi connectivity index (χ0n) is 12.2. The zero-order valence-corrected chi connectivity index (χ0v) is 12.2. The molecule has 0 saturated carbocycles. The molecule has 0 aromatic heterocycles. The van der Waals surface area contributed by atoms with E-state index in [1.54, 1.807) is 24.3 Å². The third-order valence-electron chi connectivity index (χ3n) is 3.35. The summed E-state index contributed by atoms with van der Waals surface area (Å²) in [4.78, 5) is 0. The van der Waals surface area contributed by atoms with Gasteiger partial charge in [0.15, 0.2) is 11.6 Å². The Hall–Kier alpha value is -1.94. The van der Waals surface area contributed by atoms with Crippen LogP contribution in [0.4, 0.5) is 8.78 Å². The predicted octanol–water partition coefficient (Wildman–Crippen LogP) is 3.48. The molecule has 21 heavy (non-hydrogen) atoms. The van der Waals surface area contributed by atoms with Gasteiger partial charge in [0, 0.05) is 5.54 Å². The van der Waals surface area contributed by atoms with Gasteiger partial charge in [-0.3, -0.25) is 0 Å². The summed E-state index contributed by atoms with van der Waals surface area (Å²) < 4.78 is 31.5. The predicted molar refractivity (Wildman–Crippen MR) is 79.4 cm³/mol. The average molecular weight is 291 g/mol. The van der Waals surface area contributed by atoms with E-state index in [2.05, 4.69) is 0 Å². The van der Waals surface area contributed by atoms with E-state index in [9.17, 15) is 8.78 Å². The molecule has 2 N–H and O–H groups in total. The van der Waals surface area contributed by atoms with Crippen LogP contribution >= 0.6 is 0 Å². The van der Waals surface area contributed by atoms with E-state index in [0.717, 1.165) is 11.1 Å². The first kappa shape index (κ1) is 15.4. The summed E-state index contributed by atoms with van der Waals surface area (Å²) in [6, 6.07) is 11.1. The molecule has 2 nitrogen and oxygen atoms in total. The fourth-order valence-corrected chi connectivity index (χ4v) is 2.42. The second-order valence-electron chi connectivity index (χ2n) is 5.60. The maximum atomic E-state index is 13.7. The third kappa shape index (κ3) is 4.26. The van der Waals surface area contributed by atoms with Crippen molar-refractivity contribution in [2.24, 2.45) is 5.73 Å². The van der Waals surface area contributed by atoms with Crippen LogP contribution in [0.15, 0.2) is 42.5 Å². The van der Waals surface area contributed by atoms with Crippen molar-refractivity contribution in [2.75, 3.05) is 7.11 Å². The lowest BCUT2D eigenvalue weighted by atomic mass is 9.87. The topological polar surface area (TPSA) is 35.2 Å². The monoisotopic (exact) mass is 291 g/mol. The molecule has 0 amide bonds. The van der Waals surface area contributed by atoms with Crippen molar-refractivity contribution in [3.8, 4) is 5.75 Å². The van der Waals surface area contributed by atoms with Gasteiger partial charge in [-0.15, -0.1) is 0 Å². The summed E-state index contributed by atoms with van der Waals surface area (Å²) in [5.41, 5.74) is 7.51. The number of ether oxygens (including phenoxy) is 1. The highest BCUT2D eigenvalue weighted by Gasteiger charge is 2.20. The highest BCUT2D eigenvalue weighted by atomic mass is 19.1. The van der Waals surface area contributed by atoms with Crippen LogP contribution in [0.5, 0.6) is 5.75 Å². The van der Waals surface area contributed by atoms with E-state index in [4.69, 9.17) is 10.5 Å². The Bertz CT molecular complexity index is 609. The minimum atomic E-state index is -0.543. The summed E-state index contributed by atoms with van der Waals surface area (Å²) in [5, 5.41) is 0. The summed E-state index contributed by atoms with van der Waals surface area (Å²) in [6.45, 7) is 1.90. The van der Waals surface area contributed by atoms with Crippen molar-refractivity contribution >= 4 is 0 Å². The molecule has 0 bridgehead atoms. The van der Waals surface area contributed by atoms with Crippen LogP contribution in [0.1, 0.15) is 18.1 Å². The smallest absolute Gasteiger partial charge is 0.165 e. The first-order valence-electron chi connectivity index (χ1n) is 6.75. The number of methoxy groups -OCH3 is 1. The normalized spacial score (nSPS) is 13.8. The van der Waals surface area contributed by atoms with E-state index in [-0.39, 0.29) is 11.6 Å². The third-order valence-corrected chi connectivity index (χ3v) is 3.35. The lowest BCUT2D eigenvalue weighted by molar-refractivity contribution is 0.385. The first-order valence-corrected chi connectivity index (χ1v) is 6.75. The Morgan fingerprint density at radius 1 is 1.00 bits per heavy atom. The Labute approximate surface area is 123 Å². The molecule has 1 unspecified atom stereocenters. The molecule has 2 rings (SSSR count). The molecule has 0 aliphatic carbocycles. The van der Waals surface area contributed by atoms with Crippen LogP contribution < -0.4 is 10.5 Å². The Morgan fingerprint density at radius 3 is 2.14 bits per heavy atom. The summed E-state index contributed by atoms with van der Waals surface area (Å²) in [7, 11) is 1.43. The number of rotatable bonds is 5. The van der Waals surface area contributed by atoms with Crippen molar-refractivity contribution in [3.63, 3.8) is 0 Å². The molecule has 0 radical (unpaired) electrons. The van der Waals surface area contributed by atoms with Crippen molar-refractivity contribution in [2.45, 2.75) is 25.3 Å². The molecule has 0 aliphatic heterocycles. The highest BCUT2D eigenvalue weighted by molar-refractivity contribution is 5.30. The molecule has 2 aromatic rings. The maximum Gasteiger partial charge on any atom is 0.165 e. The minimum absolute atomic E-state index is 0.219. The van der Waals surface area contributed by atoms with E-state index >= 15 is 0 Å². The van der Waals surface area contributed by atoms with E-state index in [0.29, 0.717) is 12.8 Å². The van der Waals surface area contributed by atoms with Crippen LogP contribution in [-0.2, 0) is 12.8 Å². The fourth-order valence-electron chi connectivity index (χ4n) is 2.42. The minimum Gasteiger partial charge on any atom is -0.494 e. The standard InChI is InChI=1S/C17H19F2NO/c1-17(20,10-12-3-6-14(18)7-4-12)11-13-5-8-16(21-2)15(19)9-13/h3-9H,10-11,20H2,1-2H3. The van der Waals surface area contributed by atoms with E-state index in [1.165, 1.54) is 25.3 Å². The molecule has 4 heteroatoms. The van der Waals surface area contributed by atoms with Gasteiger partial charge >= 0.3 is 0 Å². The molecule has 0 fully saturated rings. The highest BCUT2D eigenvalue weighted by Crippen LogP contribution is 2.22. The number of halogens is 2. The molecule has 2 aromatic carbocycles. The van der Waals surface area contributed by atoms with E-state index < -0.39 is 11.4 Å². The van der Waals surface area contributed by atoms with Gasteiger partial charge in [-0.25, -0.2) is 8.78 Å². The van der Waals surface area contributed by atoms with Crippen molar-refractivity contribution < 1.29 is 13.5 Å². The molecule has 112 valence electrons.